The molecular weight excluding hydrogens is 232 g/mol. The Bertz CT molecular complexity index is 333. The SMILES string of the molecule is Cc1ncc(CN(C)CCN2CCNCC2)s1. The lowest BCUT2D eigenvalue weighted by molar-refractivity contribution is 0.203. The number of hydrogen-bond acceptors (Lipinski definition) is 5. The largest absolute Gasteiger partial charge is 0.314 e. The minimum absolute atomic E-state index is 1.03. The first-order valence-electron chi connectivity index (χ1n) is 6.27. The molecular formula is C12H22N4S. The van der Waals surface area contributed by atoms with Gasteiger partial charge in [0.2, 0.25) is 0 Å². The number of likely N-dealkylation sites (N-methyl/N-ethyl adjacent to an activating group) is 1. The summed E-state index contributed by atoms with van der Waals surface area (Å²) in [5, 5.41) is 4.55. The van der Waals surface area contributed by atoms with E-state index in [4.69, 9.17) is 0 Å². The summed E-state index contributed by atoms with van der Waals surface area (Å²) in [5.41, 5.74) is 0. The maximum absolute atomic E-state index is 4.29. The van der Waals surface area contributed by atoms with Crippen molar-refractivity contribution >= 4 is 11.3 Å². The molecule has 1 fully saturated rings. The number of nitrogens with one attached hydrogen (secondary N) is 1. The van der Waals surface area contributed by atoms with E-state index in [1.54, 1.807) is 11.3 Å². The fourth-order valence-electron chi connectivity index (χ4n) is 2.07. The zero-order valence-corrected chi connectivity index (χ0v) is 11.6. The minimum atomic E-state index is 1.03. The summed E-state index contributed by atoms with van der Waals surface area (Å²) in [6.07, 6.45) is 2.00. The first kappa shape index (κ1) is 13.0. The normalized spacial score (nSPS) is 17.8. The summed E-state index contributed by atoms with van der Waals surface area (Å²) in [5.74, 6) is 0. The van der Waals surface area contributed by atoms with Crippen molar-refractivity contribution < 1.29 is 0 Å². The molecule has 0 amide bonds. The average molecular weight is 254 g/mol. The van der Waals surface area contributed by atoms with Crippen LogP contribution in [0, 0.1) is 6.92 Å². The number of piperazine rings is 1. The van der Waals surface area contributed by atoms with Crippen LogP contribution in [0.3, 0.4) is 0 Å². The third kappa shape index (κ3) is 4.35. The van der Waals surface area contributed by atoms with Gasteiger partial charge in [0.25, 0.3) is 0 Å². The van der Waals surface area contributed by atoms with Gasteiger partial charge in [0, 0.05) is 56.9 Å². The fraction of sp³-hybridized carbons (Fsp3) is 0.750. The molecule has 1 aliphatic heterocycles. The molecule has 0 unspecified atom stereocenters. The van der Waals surface area contributed by atoms with Gasteiger partial charge in [-0.05, 0) is 14.0 Å². The van der Waals surface area contributed by atoms with Crippen molar-refractivity contribution in [2.75, 3.05) is 46.3 Å². The Hall–Kier alpha value is -0.490. The van der Waals surface area contributed by atoms with Crippen LogP contribution in [0.15, 0.2) is 6.20 Å². The Kier molecular flexibility index (Phi) is 4.91. The lowest BCUT2D eigenvalue weighted by atomic mass is 10.3. The lowest BCUT2D eigenvalue weighted by Crippen LogP contribution is -2.45. The molecule has 17 heavy (non-hydrogen) atoms. The fourth-order valence-corrected chi connectivity index (χ4v) is 2.95. The van der Waals surface area contributed by atoms with Gasteiger partial charge in [0.1, 0.15) is 0 Å². The number of rotatable bonds is 5. The van der Waals surface area contributed by atoms with E-state index in [-0.39, 0.29) is 0 Å². The van der Waals surface area contributed by atoms with Gasteiger partial charge in [0.15, 0.2) is 0 Å². The van der Waals surface area contributed by atoms with Gasteiger partial charge in [-0.1, -0.05) is 0 Å². The van der Waals surface area contributed by atoms with Gasteiger partial charge < -0.3 is 5.32 Å². The molecule has 2 rings (SSSR count). The molecule has 1 aromatic rings. The lowest BCUT2D eigenvalue weighted by Gasteiger charge is -2.28. The molecule has 0 bridgehead atoms. The number of thiazole rings is 1. The van der Waals surface area contributed by atoms with Crippen LogP contribution >= 0.6 is 11.3 Å². The third-order valence-corrected chi connectivity index (χ3v) is 4.00. The molecule has 1 aliphatic rings. The van der Waals surface area contributed by atoms with E-state index < -0.39 is 0 Å². The average Bonchev–Trinajstić information content (AvgIpc) is 2.73. The highest BCUT2D eigenvalue weighted by molar-refractivity contribution is 7.11. The predicted octanol–water partition coefficient (Wildman–Crippen LogP) is 0.789. The van der Waals surface area contributed by atoms with Crippen LogP contribution in [0.4, 0.5) is 0 Å². The first-order valence-corrected chi connectivity index (χ1v) is 7.08. The van der Waals surface area contributed by atoms with Crippen LogP contribution in [-0.4, -0.2) is 61.1 Å². The van der Waals surface area contributed by atoms with E-state index in [9.17, 15) is 0 Å². The molecule has 0 atom stereocenters. The smallest absolute Gasteiger partial charge is 0.0897 e. The summed E-state index contributed by atoms with van der Waals surface area (Å²) < 4.78 is 0. The van der Waals surface area contributed by atoms with Crippen LogP contribution in [0.2, 0.25) is 0 Å². The van der Waals surface area contributed by atoms with E-state index >= 15 is 0 Å². The van der Waals surface area contributed by atoms with Crippen molar-refractivity contribution in [1.82, 2.24) is 20.1 Å². The molecule has 0 saturated carbocycles. The van der Waals surface area contributed by atoms with Crippen LogP contribution in [0.5, 0.6) is 0 Å². The third-order valence-electron chi connectivity index (χ3n) is 3.10. The topological polar surface area (TPSA) is 31.4 Å². The van der Waals surface area contributed by atoms with Crippen LogP contribution < -0.4 is 5.32 Å². The van der Waals surface area contributed by atoms with Crippen molar-refractivity contribution in [3.05, 3.63) is 16.1 Å². The van der Waals surface area contributed by atoms with Gasteiger partial charge in [-0.15, -0.1) is 11.3 Å². The number of aromatic nitrogens is 1. The number of nitrogens with zero attached hydrogens (tertiary/aromatic N) is 3. The van der Waals surface area contributed by atoms with Crippen LogP contribution in [-0.2, 0) is 6.54 Å². The second-order valence-corrected chi connectivity index (χ2v) is 5.99. The van der Waals surface area contributed by atoms with Crippen molar-refractivity contribution in [1.29, 1.82) is 0 Å². The van der Waals surface area contributed by atoms with E-state index in [0.29, 0.717) is 0 Å². The van der Waals surface area contributed by atoms with Crippen molar-refractivity contribution in [3.63, 3.8) is 0 Å². The summed E-state index contributed by atoms with van der Waals surface area (Å²) in [6.45, 7) is 10.1. The van der Waals surface area contributed by atoms with Gasteiger partial charge in [-0.3, -0.25) is 9.80 Å². The quantitative estimate of drug-likeness (QED) is 0.842. The van der Waals surface area contributed by atoms with Gasteiger partial charge in [-0.25, -0.2) is 4.98 Å². The number of hydrogen-bond donors (Lipinski definition) is 1. The maximum Gasteiger partial charge on any atom is 0.0897 e. The van der Waals surface area contributed by atoms with Gasteiger partial charge in [0.05, 0.1) is 5.01 Å². The highest BCUT2D eigenvalue weighted by Crippen LogP contribution is 2.13. The Morgan fingerprint density at radius 3 is 2.88 bits per heavy atom. The summed E-state index contributed by atoms with van der Waals surface area (Å²) >= 11 is 1.80. The highest BCUT2D eigenvalue weighted by atomic mass is 32.1. The van der Waals surface area contributed by atoms with E-state index in [1.807, 2.05) is 6.20 Å². The van der Waals surface area contributed by atoms with Crippen LogP contribution in [0.25, 0.3) is 0 Å². The summed E-state index contributed by atoms with van der Waals surface area (Å²) in [4.78, 5) is 10.6. The molecule has 1 aromatic heterocycles. The second-order valence-electron chi connectivity index (χ2n) is 4.68. The van der Waals surface area contributed by atoms with Crippen molar-refractivity contribution in [2.24, 2.45) is 0 Å². The number of aryl methyl sites for hydroxylation is 1. The molecule has 2 heterocycles. The van der Waals surface area contributed by atoms with Crippen molar-refractivity contribution in [3.8, 4) is 0 Å². The molecule has 96 valence electrons. The molecule has 0 aromatic carbocycles. The van der Waals surface area contributed by atoms with E-state index in [0.717, 1.165) is 31.2 Å². The Morgan fingerprint density at radius 1 is 1.47 bits per heavy atom. The zero-order chi connectivity index (χ0) is 12.1. The standard InChI is InChI=1S/C12H22N4S/c1-11-14-9-12(17-11)10-15(2)7-8-16-5-3-13-4-6-16/h9,13H,3-8,10H2,1-2H3. The molecule has 1 saturated heterocycles. The summed E-state index contributed by atoms with van der Waals surface area (Å²) in [7, 11) is 2.19. The molecule has 0 aliphatic carbocycles. The van der Waals surface area contributed by atoms with Crippen molar-refractivity contribution in [2.45, 2.75) is 13.5 Å². The maximum atomic E-state index is 4.29. The molecule has 5 heteroatoms. The Balaban J connectivity index is 1.68. The second kappa shape index (κ2) is 6.44. The molecule has 1 N–H and O–H groups in total. The first-order chi connectivity index (χ1) is 8.24. The molecule has 0 spiro atoms. The predicted molar refractivity (Wildman–Crippen MR) is 72.5 cm³/mol. The van der Waals surface area contributed by atoms with E-state index in [1.165, 1.54) is 24.5 Å². The summed E-state index contributed by atoms with van der Waals surface area (Å²) in [6, 6.07) is 0. The Labute approximate surface area is 108 Å². The highest BCUT2D eigenvalue weighted by Gasteiger charge is 2.10. The minimum Gasteiger partial charge on any atom is -0.314 e. The van der Waals surface area contributed by atoms with Crippen LogP contribution in [0.1, 0.15) is 9.88 Å². The Morgan fingerprint density at radius 2 is 2.24 bits per heavy atom. The zero-order valence-electron chi connectivity index (χ0n) is 10.8. The van der Waals surface area contributed by atoms with Gasteiger partial charge >= 0.3 is 0 Å². The van der Waals surface area contributed by atoms with Gasteiger partial charge in [-0.2, -0.15) is 0 Å². The van der Waals surface area contributed by atoms with E-state index in [2.05, 4.69) is 34.1 Å². The molecule has 4 nitrogen and oxygen atoms in total. The molecule has 0 radical (unpaired) electrons. The monoisotopic (exact) mass is 254 g/mol.